The average molecular weight is 465 g/mol. The van der Waals surface area contributed by atoms with E-state index >= 15 is 0 Å². The molecule has 172 valence electrons. The summed E-state index contributed by atoms with van der Waals surface area (Å²) >= 11 is 1.72. The van der Waals surface area contributed by atoms with Gasteiger partial charge >= 0.3 is 0 Å². The number of hydrogen-bond acceptors (Lipinski definition) is 6. The van der Waals surface area contributed by atoms with Gasteiger partial charge in [0.1, 0.15) is 11.5 Å². The van der Waals surface area contributed by atoms with Crippen molar-refractivity contribution in [2.45, 2.75) is 32.7 Å². The maximum absolute atomic E-state index is 13.2. The molecule has 2 aliphatic rings. The second-order valence-corrected chi connectivity index (χ2v) is 9.18. The molecule has 0 bridgehead atoms. The summed E-state index contributed by atoms with van der Waals surface area (Å²) in [4.78, 5) is 32.5. The van der Waals surface area contributed by atoms with E-state index < -0.39 is 17.7 Å². The van der Waals surface area contributed by atoms with Gasteiger partial charge in [0, 0.05) is 29.1 Å². The van der Waals surface area contributed by atoms with E-state index in [-0.39, 0.29) is 17.3 Å². The number of Topliss-reactive ketones (excluding diaryl/α,β-unsaturated/α-hetero) is 1. The fourth-order valence-corrected chi connectivity index (χ4v) is 5.36. The standard InChI is InChI=1S/C26H28N2O4S/c1-4-16(5-2)22-21(23(29)17-8-12-20(32-3)13-9-17)24(30)26(31)28(22)19-10-6-18(7-11-19)25-27-14-15-33-25/h6-13,16,22,29H,4-5,14-15H2,1-3H3. The summed E-state index contributed by atoms with van der Waals surface area (Å²) < 4.78 is 5.19. The van der Waals surface area contributed by atoms with Crippen molar-refractivity contribution < 1.29 is 19.4 Å². The zero-order valence-electron chi connectivity index (χ0n) is 19.1. The number of amides is 1. The minimum Gasteiger partial charge on any atom is -0.507 e. The van der Waals surface area contributed by atoms with Crippen molar-refractivity contribution in [3.63, 3.8) is 0 Å². The summed E-state index contributed by atoms with van der Waals surface area (Å²) in [5.74, 6) is 0.233. The maximum atomic E-state index is 13.2. The van der Waals surface area contributed by atoms with E-state index in [0.717, 1.165) is 35.7 Å². The molecule has 7 heteroatoms. The van der Waals surface area contributed by atoms with E-state index in [0.29, 0.717) is 17.0 Å². The molecule has 1 fully saturated rings. The Bertz CT molecular complexity index is 1100. The summed E-state index contributed by atoms with van der Waals surface area (Å²) in [7, 11) is 1.57. The number of benzene rings is 2. The Hall–Kier alpha value is -3.06. The Morgan fingerprint density at radius 2 is 1.79 bits per heavy atom. The predicted molar refractivity (Wildman–Crippen MR) is 133 cm³/mol. The second-order valence-electron chi connectivity index (χ2n) is 8.10. The highest BCUT2D eigenvalue weighted by atomic mass is 32.2. The van der Waals surface area contributed by atoms with Gasteiger partial charge in [-0.25, -0.2) is 0 Å². The van der Waals surface area contributed by atoms with Crippen LogP contribution in [0.2, 0.25) is 0 Å². The van der Waals surface area contributed by atoms with Gasteiger partial charge in [-0.15, -0.1) is 11.8 Å². The van der Waals surface area contributed by atoms with Gasteiger partial charge in [0.15, 0.2) is 0 Å². The molecule has 4 rings (SSSR count). The number of methoxy groups -OCH3 is 1. The van der Waals surface area contributed by atoms with Crippen LogP contribution in [0.4, 0.5) is 5.69 Å². The van der Waals surface area contributed by atoms with Gasteiger partial charge in [0.2, 0.25) is 0 Å². The molecule has 0 aromatic heterocycles. The molecule has 0 radical (unpaired) electrons. The maximum Gasteiger partial charge on any atom is 0.299 e. The number of hydrogen-bond donors (Lipinski definition) is 1. The Balaban J connectivity index is 1.78. The number of aliphatic imine (C=N–C) groups is 1. The summed E-state index contributed by atoms with van der Waals surface area (Å²) in [5.41, 5.74) is 2.31. The molecule has 1 atom stereocenters. The fourth-order valence-electron chi connectivity index (χ4n) is 4.50. The van der Waals surface area contributed by atoms with Crippen LogP contribution in [0.1, 0.15) is 37.8 Å². The van der Waals surface area contributed by atoms with Gasteiger partial charge in [0.05, 0.1) is 23.8 Å². The van der Waals surface area contributed by atoms with Crippen LogP contribution < -0.4 is 9.64 Å². The van der Waals surface area contributed by atoms with Crippen LogP contribution in [0.15, 0.2) is 59.1 Å². The van der Waals surface area contributed by atoms with Crippen molar-refractivity contribution in [3.05, 3.63) is 65.2 Å². The van der Waals surface area contributed by atoms with E-state index in [2.05, 4.69) is 4.99 Å². The minimum absolute atomic E-state index is 0.0187. The van der Waals surface area contributed by atoms with Gasteiger partial charge in [-0.05, 0) is 42.3 Å². The first kappa shape index (κ1) is 23.1. The van der Waals surface area contributed by atoms with E-state index in [4.69, 9.17) is 4.74 Å². The molecule has 0 spiro atoms. The monoisotopic (exact) mass is 464 g/mol. The largest absolute Gasteiger partial charge is 0.507 e. The fraction of sp³-hybridized carbons (Fsp3) is 0.346. The van der Waals surface area contributed by atoms with Crippen LogP contribution in [0.5, 0.6) is 5.75 Å². The second kappa shape index (κ2) is 9.83. The average Bonchev–Trinajstić information content (AvgIpc) is 3.47. The molecule has 0 aliphatic carbocycles. The quantitative estimate of drug-likeness (QED) is 0.359. The van der Waals surface area contributed by atoms with Crippen molar-refractivity contribution in [1.82, 2.24) is 0 Å². The highest BCUT2D eigenvalue weighted by Crippen LogP contribution is 2.39. The van der Waals surface area contributed by atoms with Crippen molar-refractivity contribution in [1.29, 1.82) is 0 Å². The first-order valence-electron chi connectivity index (χ1n) is 11.2. The third kappa shape index (κ3) is 4.29. The van der Waals surface area contributed by atoms with Gasteiger partial charge in [-0.2, -0.15) is 0 Å². The zero-order chi connectivity index (χ0) is 23.5. The molecule has 6 nitrogen and oxygen atoms in total. The highest BCUT2D eigenvalue weighted by Gasteiger charge is 2.48. The first-order chi connectivity index (χ1) is 16.0. The molecule has 33 heavy (non-hydrogen) atoms. The molecule has 1 unspecified atom stereocenters. The van der Waals surface area contributed by atoms with Crippen LogP contribution in [-0.2, 0) is 9.59 Å². The molecular formula is C26H28N2O4S. The Morgan fingerprint density at radius 1 is 1.12 bits per heavy atom. The van der Waals surface area contributed by atoms with Crippen molar-refractivity contribution in [2.24, 2.45) is 10.9 Å². The zero-order valence-corrected chi connectivity index (χ0v) is 19.9. The van der Waals surface area contributed by atoms with Crippen LogP contribution in [0, 0.1) is 5.92 Å². The van der Waals surface area contributed by atoms with Gasteiger partial charge < -0.3 is 9.84 Å². The molecule has 1 saturated heterocycles. The lowest BCUT2D eigenvalue weighted by molar-refractivity contribution is -0.132. The predicted octanol–water partition coefficient (Wildman–Crippen LogP) is 4.88. The van der Waals surface area contributed by atoms with Crippen LogP contribution in [0.25, 0.3) is 5.76 Å². The number of carbonyl (C=O) groups excluding carboxylic acids is 2. The normalized spacial score (nSPS) is 19.9. The number of aliphatic hydroxyl groups excluding tert-OH is 1. The molecule has 2 heterocycles. The lowest BCUT2D eigenvalue weighted by Crippen LogP contribution is -2.39. The highest BCUT2D eigenvalue weighted by molar-refractivity contribution is 8.14. The van der Waals surface area contributed by atoms with Crippen LogP contribution >= 0.6 is 11.8 Å². The van der Waals surface area contributed by atoms with Gasteiger partial charge in [-0.3, -0.25) is 19.5 Å². The number of anilines is 1. The third-order valence-electron chi connectivity index (χ3n) is 6.32. The smallest absolute Gasteiger partial charge is 0.299 e. The minimum atomic E-state index is -0.653. The molecule has 2 aromatic rings. The van der Waals surface area contributed by atoms with E-state index in [9.17, 15) is 14.7 Å². The van der Waals surface area contributed by atoms with E-state index in [1.807, 2.05) is 38.1 Å². The number of aliphatic hydroxyl groups is 1. The molecule has 2 aromatic carbocycles. The molecular weight excluding hydrogens is 436 g/mol. The van der Waals surface area contributed by atoms with Crippen LogP contribution in [-0.4, -0.2) is 47.3 Å². The number of rotatable bonds is 7. The van der Waals surface area contributed by atoms with Gasteiger partial charge in [-0.1, -0.05) is 38.8 Å². The number of carbonyl (C=O) groups is 2. The lowest BCUT2D eigenvalue weighted by Gasteiger charge is -2.31. The van der Waals surface area contributed by atoms with Gasteiger partial charge in [0.25, 0.3) is 11.7 Å². The summed E-state index contributed by atoms with van der Waals surface area (Å²) in [6, 6.07) is 13.9. The summed E-state index contributed by atoms with van der Waals surface area (Å²) in [6.45, 7) is 4.90. The van der Waals surface area contributed by atoms with Crippen LogP contribution in [0.3, 0.4) is 0 Å². The molecule has 1 amide bonds. The first-order valence-corrected chi connectivity index (χ1v) is 12.2. The summed E-state index contributed by atoms with van der Waals surface area (Å²) in [5, 5.41) is 12.2. The van der Waals surface area contributed by atoms with Crippen molar-refractivity contribution >= 4 is 39.9 Å². The van der Waals surface area contributed by atoms with E-state index in [1.54, 1.807) is 48.0 Å². The lowest BCUT2D eigenvalue weighted by atomic mass is 9.87. The molecule has 1 N–H and O–H groups in total. The Labute approximate surface area is 198 Å². The molecule has 2 aliphatic heterocycles. The SMILES string of the molecule is CCC(CC)C1C(=C(O)c2ccc(OC)cc2)C(=O)C(=O)N1c1ccc(C2=NCCS2)cc1. The number of ketones is 1. The van der Waals surface area contributed by atoms with E-state index in [1.165, 1.54) is 0 Å². The Morgan fingerprint density at radius 3 is 2.33 bits per heavy atom. The topological polar surface area (TPSA) is 79.2 Å². The van der Waals surface area contributed by atoms with Crippen molar-refractivity contribution in [3.8, 4) is 5.75 Å². The number of thioether (sulfide) groups is 1. The molecule has 0 saturated carbocycles. The third-order valence-corrected chi connectivity index (χ3v) is 7.35. The van der Waals surface area contributed by atoms with Crippen molar-refractivity contribution in [2.75, 3.05) is 24.3 Å². The Kier molecular flexibility index (Phi) is 6.88. The summed E-state index contributed by atoms with van der Waals surface area (Å²) in [6.07, 6.45) is 1.53. The number of ether oxygens (including phenoxy) is 1. The number of nitrogens with zero attached hydrogens (tertiary/aromatic N) is 2.